The maximum absolute atomic E-state index is 5.85. The normalized spacial score (nSPS) is 12.4. The second-order valence-electron chi connectivity index (χ2n) is 5.03. The van der Waals surface area contributed by atoms with Crippen molar-refractivity contribution >= 4 is 17.5 Å². The van der Waals surface area contributed by atoms with E-state index in [1.54, 1.807) is 13.2 Å². The van der Waals surface area contributed by atoms with Crippen molar-refractivity contribution in [2.75, 3.05) is 31.2 Å². The number of aromatic nitrogens is 2. The second kappa shape index (κ2) is 9.76. The summed E-state index contributed by atoms with van der Waals surface area (Å²) in [4.78, 5) is 12.4. The molecule has 0 aliphatic carbocycles. The molecule has 0 saturated heterocycles. The standard InChI is InChI=1S/C16H27N5O/c1-5-7-8-19-15-14(10-20-16(17)21-15)22-11-13(6-2)9-12(3)18-4/h9-10H,5-8,11H2,1-4H3,(H3,17,19,20,21)/b13-9+,18-12-. The Hall–Kier alpha value is -2.11. The maximum Gasteiger partial charge on any atom is 0.222 e. The van der Waals surface area contributed by atoms with Crippen molar-refractivity contribution in [3.63, 3.8) is 0 Å². The SMILES string of the molecule is CCCCNc1nc(N)ncc1OC/C(=C/C(C)=N\C)CC. The van der Waals surface area contributed by atoms with E-state index < -0.39 is 0 Å². The average Bonchev–Trinajstić information content (AvgIpc) is 2.52. The summed E-state index contributed by atoms with van der Waals surface area (Å²) in [6.45, 7) is 7.53. The first-order chi connectivity index (χ1) is 10.6. The summed E-state index contributed by atoms with van der Waals surface area (Å²) in [6.07, 6.45) is 6.74. The molecule has 22 heavy (non-hydrogen) atoms. The number of nitrogens with two attached hydrogens (primary N) is 1. The van der Waals surface area contributed by atoms with Crippen molar-refractivity contribution in [2.45, 2.75) is 40.0 Å². The van der Waals surface area contributed by atoms with Gasteiger partial charge in [-0.1, -0.05) is 20.3 Å². The van der Waals surface area contributed by atoms with Crippen LogP contribution in [0.25, 0.3) is 0 Å². The van der Waals surface area contributed by atoms with E-state index in [4.69, 9.17) is 10.5 Å². The van der Waals surface area contributed by atoms with Crippen LogP contribution in [0.2, 0.25) is 0 Å². The third kappa shape index (κ3) is 6.11. The Morgan fingerprint density at radius 3 is 2.86 bits per heavy atom. The minimum atomic E-state index is 0.242. The molecule has 0 aliphatic heterocycles. The largest absolute Gasteiger partial charge is 0.484 e. The number of hydrogen-bond acceptors (Lipinski definition) is 6. The number of unbranched alkanes of at least 4 members (excludes halogenated alkanes) is 1. The lowest BCUT2D eigenvalue weighted by Crippen LogP contribution is -2.10. The van der Waals surface area contributed by atoms with Crippen molar-refractivity contribution in [3.05, 3.63) is 17.8 Å². The van der Waals surface area contributed by atoms with E-state index >= 15 is 0 Å². The minimum Gasteiger partial charge on any atom is -0.484 e. The molecule has 0 aromatic carbocycles. The van der Waals surface area contributed by atoms with E-state index in [1.807, 2.05) is 13.0 Å². The Kier molecular flexibility index (Phi) is 7.96. The zero-order valence-electron chi connectivity index (χ0n) is 14.0. The second-order valence-corrected chi connectivity index (χ2v) is 5.03. The number of rotatable bonds is 9. The van der Waals surface area contributed by atoms with E-state index in [0.29, 0.717) is 18.2 Å². The average molecular weight is 305 g/mol. The van der Waals surface area contributed by atoms with Crippen LogP contribution in [0.1, 0.15) is 40.0 Å². The molecule has 3 N–H and O–H groups in total. The summed E-state index contributed by atoms with van der Waals surface area (Å²) < 4.78 is 5.85. The zero-order valence-corrected chi connectivity index (χ0v) is 14.0. The molecule has 0 atom stereocenters. The lowest BCUT2D eigenvalue weighted by atomic mass is 10.2. The van der Waals surface area contributed by atoms with Gasteiger partial charge in [0.25, 0.3) is 0 Å². The van der Waals surface area contributed by atoms with Gasteiger partial charge in [-0.15, -0.1) is 0 Å². The third-order valence-corrected chi connectivity index (χ3v) is 3.23. The molecule has 1 aromatic heterocycles. The number of aliphatic imine (C=N–C) groups is 1. The van der Waals surface area contributed by atoms with Gasteiger partial charge in [-0.05, 0) is 31.4 Å². The molecular formula is C16H27N5O. The first-order valence-electron chi connectivity index (χ1n) is 7.72. The van der Waals surface area contributed by atoms with Crippen LogP contribution in [-0.2, 0) is 0 Å². The molecule has 6 nitrogen and oxygen atoms in total. The maximum atomic E-state index is 5.85. The van der Waals surface area contributed by atoms with E-state index in [1.165, 1.54) is 5.57 Å². The number of nitrogens with zero attached hydrogens (tertiary/aromatic N) is 3. The summed E-state index contributed by atoms with van der Waals surface area (Å²) in [5.41, 5.74) is 7.80. The van der Waals surface area contributed by atoms with Crippen LogP contribution in [0.5, 0.6) is 5.75 Å². The van der Waals surface area contributed by atoms with E-state index in [0.717, 1.165) is 31.5 Å². The van der Waals surface area contributed by atoms with Gasteiger partial charge >= 0.3 is 0 Å². The van der Waals surface area contributed by atoms with E-state index in [2.05, 4.69) is 34.1 Å². The number of nitrogens with one attached hydrogen (secondary N) is 1. The van der Waals surface area contributed by atoms with Gasteiger partial charge in [0, 0.05) is 19.3 Å². The molecule has 0 spiro atoms. The van der Waals surface area contributed by atoms with Gasteiger partial charge in [-0.25, -0.2) is 4.98 Å². The van der Waals surface area contributed by atoms with Crippen LogP contribution in [0.4, 0.5) is 11.8 Å². The molecule has 0 saturated carbocycles. The Balaban J connectivity index is 2.77. The minimum absolute atomic E-state index is 0.242. The fourth-order valence-electron chi connectivity index (χ4n) is 1.78. The highest BCUT2D eigenvalue weighted by molar-refractivity contribution is 5.93. The summed E-state index contributed by atoms with van der Waals surface area (Å²) in [5, 5.41) is 3.25. The molecule has 0 amide bonds. The summed E-state index contributed by atoms with van der Waals surface area (Å²) in [6, 6.07) is 0. The third-order valence-electron chi connectivity index (χ3n) is 3.23. The first-order valence-corrected chi connectivity index (χ1v) is 7.72. The quantitative estimate of drug-likeness (QED) is 0.541. The van der Waals surface area contributed by atoms with Crippen molar-refractivity contribution < 1.29 is 4.74 Å². The highest BCUT2D eigenvalue weighted by atomic mass is 16.5. The number of nitrogen functional groups attached to an aromatic ring is 1. The van der Waals surface area contributed by atoms with Gasteiger partial charge in [0.05, 0.1) is 6.20 Å². The van der Waals surface area contributed by atoms with Gasteiger partial charge in [-0.3, -0.25) is 4.99 Å². The van der Waals surface area contributed by atoms with E-state index in [-0.39, 0.29) is 5.95 Å². The Morgan fingerprint density at radius 1 is 1.45 bits per heavy atom. The van der Waals surface area contributed by atoms with Crippen molar-refractivity contribution in [3.8, 4) is 5.75 Å². The molecule has 0 fully saturated rings. The lowest BCUT2D eigenvalue weighted by molar-refractivity contribution is 0.347. The molecule has 1 aromatic rings. The predicted molar refractivity (Wildman–Crippen MR) is 92.7 cm³/mol. The molecule has 0 unspecified atom stereocenters. The fraction of sp³-hybridized carbons (Fsp3) is 0.562. The molecule has 1 heterocycles. The number of ether oxygens (including phenoxy) is 1. The first kappa shape index (κ1) is 17.9. The van der Waals surface area contributed by atoms with Gasteiger partial charge in [0.2, 0.25) is 5.95 Å². The van der Waals surface area contributed by atoms with Crippen LogP contribution in [0.15, 0.2) is 22.8 Å². The number of hydrogen-bond donors (Lipinski definition) is 2. The molecule has 0 bridgehead atoms. The van der Waals surface area contributed by atoms with Gasteiger partial charge < -0.3 is 15.8 Å². The fourth-order valence-corrected chi connectivity index (χ4v) is 1.78. The number of anilines is 2. The highest BCUT2D eigenvalue weighted by Crippen LogP contribution is 2.22. The van der Waals surface area contributed by atoms with Crippen molar-refractivity contribution in [1.29, 1.82) is 0 Å². The highest BCUT2D eigenvalue weighted by Gasteiger charge is 2.08. The Labute approximate surface area is 132 Å². The molecule has 0 aliphatic rings. The summed E-state index contributed by atoms with van der Waals surface area (Å²) in [7, 11) is 1.78. The van der Waals surface area contributed by atoms with Crippen LogP contribution in [-0.4, -0.2) is 35.9 Å². The number of allylic oxidation sites excluding steroid dienone is 1. The topological polar surface area (TPSA) is 85.4 Å². The van der Waals surface area contributed by atoms with Gasteiger partial charge in [0.1, 0.15) is 6.61 Å². The van der Waals surface area contributed by atoms with Gasteiger partial charge in [0.15, 0.2) is 11.6 Å². The molecular weight excluding hydrogens is 278 g/mol. The lowest BCUT2D eigenvalue weighted by Gasteiger charge is -2.13. The Bertz CT molecular complexity index is 525. The smallest absolute Gasteiger partial charge is 0.222 e. The van der Waals surface area contributed by atoms with Crippen molar-refractivity contribution in [2.24, 2.45) is 4.99 Å². The zero-order chi connectivity index (χ0) is 16.4. The van der Waals surface area contributed by atoms with Crippen LogP contribution in [0.3, 0.4) is 0 Å². The van der Waals surface area contributed by atoms with Crippen LogP contribution >= 0.6 is 0 Å². The summed E-state index contributed by atoms with van der Waals surface area (Å²) >= 11 is 0. The molecule has 0 radical (unpaired) electrons. The van der Waals surface area contributed by atoms with Crippen LogP contribution in [0, 0.1) is 0 Å². The molecule has 122 valence electrons. The summed E-state index contributed by atoms with van der Waals surface area (Å²) in [5.74, 6) is 1.51. The molecule has 6 heteroatoms. The van der Waals surface area contributed by atoms with Gasteiger partial charge in [-0.2, -0.15) is 4.98 Å². The Morgan fingerprint density at radius 2 is 2.23 bits per heavy atom. The van der Waals surface area contributed by atoms with Crippen LogP contribution < -0.4 is 15.8 Å². The molecule has 1 rings (SSSR count). The van der Waals surface area contributed by atoms with Crippen molar-refractivity contribution in [1.82, 2.24) is 9.97 Å². The van der Waals surface area contributed by atoms with E-state index in [9.17, 15) is 0 Å². The predicted octanol–water partition coefficient (Wildman–Crippen LogP) is 3.08. The monoisotopic (exact) mass is 305 g/mol.